The Balaban J connectivity index is 2.49. The van der Waals surface area contributed by atoms with Crippen molar-refractivity contribution in [2.75, 3.05) is 17.2 Å². The number of nitrogens with zero attached hydrogens (tertiary/aromatic N) is 1. The molecule has 1 N–H and O–H groups in total. The standard InChI is InChI=1S/C16H17F6NO2S/c1-9(2)7-13(24)23-5-6-26-12-8-10(3-4-11(12)23)14(25,15(17,18)19)16(20,21)22/h3-4,8-9,25H,5-7H2,1-2H3. The molecule has 3 nitrogen and oxygen atoms in total. The molecule has 0 atom stereocenters. The Labute approximate surface area is 150 Å². The molecular formula is C16H17F6NO2S. The molecule has 146 valence electrons. The summed E-state index contributed by atoms with van der Waals surface area (Å²) >= 11 is 1.04. The summed E-state index contributed by atoms with van der Waals surface area (Å²) in [5, 5.41) is 9.51. The van der Waals surface area contributed by atoms with Crippen LogP contribution in [0, 0.1) is 5.92 Å². The number of amides is 1. The van der Waals surface area contributed by atoms with Crippen LogP contribution in [0.1, 0.15) is 25.8 Å². The molecule has 26 heavy (non-hydrogen) atoms. The van der Waals surface area contributed by atoms with Crippen LogP contribution in [0.3, 0.4) is 0 Å². The van der Waals surface area contributed by atoms with E-state index in [2.05, 4.69) is 0 Å². The maximum absolute atomic E-state index is 13.0. The van der Waals surface area contributed by atoms with Gasteiger partial charge < -0.3 is 10.0 Å². The number of hydrogen-bond donors (Lipinski definition) is 1. The van der Waals surface area contributed by atoms with Gasteiger partial charge in [-0.2, -0.15) is 26.3 Å². The highest BCUT2D eigenvalue weighted by Gasteiger charge is 2.71. The molecular weight excluding hydrogens is 384 g/mol. The molecule has 0 bridgehead atoms. The number of carbonyl (C=O) groups is 1. The number of alkyl halides is 6. The molecule has 1 aliphatic rings. The van der Waals surface area contributed by atoms with Gasteiger partial charge in [0.25, 0.3) is 5.60 Å². The number of fused-ring (bicyclic) bond motifs is 1. The zero-order chi connectivity index (χ0) is 19.9. The third-order valence-electron chi connectivity index (χ3n) is 3.95. The lowest BCUT2D eigenvalue weighted by molar-refractivity contribution is -0.376. The maximum Gasteiger partial charge on any atom is 0.430 e. The highest BCUT2D eigenvalue weighted by Crippen LogP contribution is 2.51. The molecule has 1 aromatic carbocycles. The molecule has 0 spiro atoms. The predicted octanol–water partition coefficient (Wildman–Crippen LogP) is 4.48. The fourth-order valence-electron chi connectivity index (χ4n) is 2.65. The molecule has 0 aliphatic carbocycles. The van der Waals surface area contributed by atoms with Crippen molar-refractivity contribution in [2.45, 2.75) is 43.1 Å². The molecule has 1 aliphatic heterocycles. The van der Waals surface area contributed by atoms with Crippen LogP contribution in [0.25, 0.3) is 0 Å². The molecule has 1 aromatic rings. The normalized spacial score (nSPS) is 16.0. The van der Waals surface area contributed by atoms with Crippen molar-refractivity contribution in [3.63, 3.8) is 0 Å². The van der Waals surface area contributed by atoms with Gasteiger partial charge in [0.2, 0.25) is 5.91 Å². The van der Waals surface area contributed by atoms with Gasteiger partial charge in [-0.05, 0) is 18.1 Å². The first-order valence-corrected chi connectivity index (χ1v) is 8.71. The second-order valence-corrected chi connectivity index (χ2v) is 7.52. The van der Waals surface area contributed by atoms with Gasteiger partial charge >= 0.3 is 12.4 Å². The van der Waals surface area contributed by atoms with E-state index in [0.717, 1.165) is 17.8 Å². The van der Waals surface area contributed by atoms with Gasteiger partial charge in [0.15, 0.2) is 0 Å². The van der Waals surface area contributed by atoms with Crippen molar-refractivity contribution in [3.8, 4) is 0 Å². The van der Waals surface area contributed by atoms with Gasteiger partial charge in [0.1, 0.15) is 0 Å². The van der Waals surface area contributed by atoms with Crippen LogP contribution in [0.5, 0.6) is 0 Å². The van der Waals surface area contributed by atoms with E-state index in [1.54, 1.807) is 0 Å². The van der Waals surface area contributed by atoms with Crippen molar-refractivity contribution in [1.29, 1.82) is 0 Å². The van der Waals surface area contributed by atoms with E-state index >= 15 is 0 Å². The van der Waals surface area contributed by atoms with Gasteiger partial charge in [0, 0.05) is 29.2 Å². The van der Waals surface area contributed by atoms with E-state index in [9.17, 15) is 36.2 Å². The third kappa shape index (κ3) is 3.66. The summed E-state index contributed by atoms with van der Waals surface area (Å²) in [6.45, 7) is 3.96. The average Bonchev–Trinajstić information content (AvgIpc) is 2.50. The Morgan fingerprint density at radius 2 is 1.77 bits per heavy atom. The molecule has 2 rings (SSSR count). The lowest BCUT2D eigenvalue weighted by atomic mass is 9.92. The quantitative estimate of drug-likeness (QED) is 0.759. The fraction of sp³-hybridized carbons (Fsp3) is 0.562. The van der Waals surface area contributed by atoms with E-state index in [1.165, 1.54) is 4.90 Å². The van der Waals surface area contributed by atoms with Crippen LogP contribution in [-0.4, -0.2) is 35.7 Å². The molecule has 0 radical (unpaired) electrons. The highest BCUT2D eigenvalue weighted by atomic mass is 32.2. The van der Waals surface area contributed by atoms with E-state index in [4.69, 9.17) is 0 Å². The first kappa shape index (κ1) is 20.9. The summed E-state index contributed by atoms with van der Waals surface area (Å²) in [6.07, 6.45) is -11.7. The van der Waals surface area contributed by atoms with Crippen molar-refractivity contribution in [1.82, 2.24) is 0 Å². The largest absolute Gasteiger partial charge is 0.430 e. The molecule has 10 heteroatoms. The Bertz CT molecular complexity index is 672. The predicted molar refractivity (Wildman–Crippen MR) is 85.0 cm³/mol. The monoisotopic (exact) mass is 401 g/mol. The molecule has 0 saturated heterocycles. The summed E-state index contributed by atoms with van der Waals surface area (Å²) in [5.74, 6) is 0.132. The minimum atomic E-state index is -5.94. The van der Waals surface area contributed by atoms with Gasteiger partial charge in [-0.3, -0.25) is 4.79 Å². The molecule has 0 unspecified atom stereocenters. The van der Waals surface area contributed by atoms with Crippen LogP contribution in [0.4, 0.5) is 32.0 Å². The van der Waals surface area contributed by atoms with Crippen LogP contribution in [-0.2, 0) is 10.4 Å². The highest BCUT2D eigenvalue weighted by molar-refractivity contribution is 7.99. The lowest BCUT2D eigenvalue weighted by Crippen LogP contribution is -2.54. The molecule has 1 amide bonds. The Kier molecular flexibility index (Phi) is 5.59. The number of benzene rings is 1. The number of hydrogen-bond acceptors (Lipinski definition) is 3. The first-order chi connectivity index (χ1) is 11.8. The van der Waals surface area contributed by atoms with Gasteiger partial charge in [-0.15, -0.1) is 11.8 Å². The average molecular weight is 401 g/mol. The van der Waals surface area contributed by atoms with E-state index < -0.39 is 23.5 Å². The number of carbonyl (C=O) groups excluding carboxylic acids is 1. The van der Waals surface area contributed by atoms with E-state index in [1.807, 2.05) is 13.8 Å². The summed E-state index contributed by atoms with van der Waals surface area (Å²) in [5.41, 5.74) is -6.04. The van der Waals surface area contributed by atoms with Crippen molar-refractivity contribution < 1.29 is 36.2 Å². The second-order valence-electron chi connectivity index (χ2n) is 6.38. The molecule has 0 fully saturated rings. The minimum Gasteiger partial charge on any atom is -0.369 e. The first-order valence-electron chi connectivity index (χ1n) is 7.72. The van der Waals surface area contributed by atoms with Gasteiger partial charge in [-0.25, -0.2) is 0 Å². The summed E-state index contributed by atoms with van der Waals surface area (Å²) in [7, 11) is 0. The smallest absolute Gasteiger partial charge is 0.369 e. The van der Waals surface area contributed by atoms with Crippen molar-refractivity contribution in [2.24, 2.45) is 5.92 Å². The van der Waals surface area contributed by atoms with E-state index in [0.29, 0.717) is 24.4 Å². The zero-order valence-corrected chi connectivity index (χ0v) is 14.7. The minimum absolute atomic E-state index is 0.0559. The number of anilines is 1. The fourth-order valence-corrected chi connectivity index (χ4v) is 3.68. The van der Waals surface area contributed by atoms with Crippen molar-refractivity contribution in [3.05, 3.63) is 23.8 Å². The SMILES string of the molecule is CC(C)CC(=O)N1CCSc2cc(C(O)(C(F)(F)F)C(F)(F)F)ccc21. The van der Waals surface area contributed by atoms with Crippen LogP contribution < -0.4 is 4.90 Å². The topological polar surface area (TPSA) is 40.5 Å². The van der Waals surface area contributed by atoms with Gasteiger partial charge in [0.05, 0.1) is 5.69 Å². The van der Waals surface area contributed by atoms with Crippen LogP contribution >= 0.6 is 11.8 Å². The van der Waals surface area contributed by atoms with Gasteiger partial charge in [-0.1, -0.05) is 19.9 Å². The van der Waals surface area contributed by atoms with Crippen LogP contribution in [0.2, 0.25) is 0 Å². The maximum atomic E-state index is 13.0. The number of halogens is 6. The van der Waals surface area contributed by atoms with E-state index in [-0.39, 0.29) is 28.8 Å². The Hall–Kier alpha value is -1.42. The number of aliphatic hydroxyl groups is 1. The number of thioether (sulfide) groups is 1. The molecule has 1 heterocycles. The number of rotatable bonds is 3. The van der Waals surface area contributed by atoms with Crippen LogP contribution in [0.15, 0.2) is 23.1 Å². The lowest BCUT2D eigenvalue weighted by Gasteiger charge is -2.35. The summed E-state index contributed by atoms with van der Waals surface area (Å²) in [6, 6.07) is 2.26. The molecule has 0 aromatic heterocycles. The molecule has 0 saturated carbocycles. The Morgan fingerprint density at radius 1 is 1.19 bits per heavy atom. The second kappa shape index (κ2) is 6.95. The Morgan fingerprint density at radius 3 is 2.27 bits per heavy atom. The third-order valence-corrected chi connectivity index (χ3v) is 4.97. The summed E-state index contributed by atoms with van der Waals surface area (Å²) < 4.78 is 78.2. The summed E-state index contributed by atoms with van der Waals surface area (Å²) in [4.78, 5) is 13.7. The zero-order valence-electron chi connectivity index (χ0n) is 13.9. The van der Waals surface area contributed by atoms with Crippen molar-refractivity contribution >= 4 is 23.4 Å².